The molecule has 1 fully saturated rings. The zero-order chi connectivity index (χ0) is 31.3. The molecule has 1 aliphatic heterocycles. The van der Waals surface area contributed by atoms with Gasteiger partial charge in [-0.3, -0.25) is 9.36 Å². The Hall–Kier alpha value is -4.52. The predicted octanol–water partition coefficient (Wildman–Crippen LogP) is 1.43. The molecule has 238 valence electrons. The van der Waals surface area contributed by atoms with E-state index in [1.807, 2.05) is 0 Å². The summed E-state index contributed by atoms with van der Waals surface area (Å²) in [6.07, 6.45) is 0.566. The fourth-order valence-electron chi connectivity index (χ4n) is 4.51. The third kappa shape index (κ3) is 7.90. The van der Waals surface area contributed by atoms with Gasteiger partial charge in [-0.05, 0) is 55.3 Å². The average molecular weight is 658 g/mol. The summed E-state index contributed by atoms with van der Waals surface area (Å²) in [5.74, 6) is -0.621. The van der Waals surface area contributed by atoms with Gasteiger partial charge in [0.1, 0.15) is 19.0 Å². The number of halogens is 1. The second-order valence-electron chi connectivity index (χ2n) is 9.54. The molecule has 0 bridgehead atoms. The first-order valence-electron chi connectivity index (χ1n) is 12.7. The maximum absolute atomic E-state index is 13.3. The molecule has 44 heavy (non-hydrogen) atoms. The summed E-state index contributed by atoms with van der Waals surface area (Å²) in [4.78, 5) is 55.1. The third-order valence-electron chi connectivity index (χ3n) is 6.53. The molecular weight excluding hydrogens is 630 g/mol. The Morgan fingerprint density at radius 3 is 2.43 bits per heavy atom. The van der Waals surface area contributed by atoms with E-state index in [2.05, 4.69) is 9.68 Å². The van der Waals surface area contributed by atoms with Crippen LogP contribution in [0, 0.1) is 27.2 Å². The molecule has 1 saturated heterocycles. The minimum Gasteiger partial charge on any atom is -0.491 e. The molecule has 17 nitrogen and oxygen atoms in total. The van der Waals surface area contributed by atoms with Crippen LogP contribution >= 0.6 is 12.4 Å². The quantitative estimate of drug-likeness (QED) is 0.156. The van der Waals surface area contributed by atoms with Gasteiger partial charge >= 0.3 is 5.97 Å². The van der Waals surface area contributed by atoms with Crippen LogP contribution in [0.1, 0.15) is 22.3 Å². The highest BCUT2D eigenvalue weighted by Gasteiger charge is 2.32. The fraction of sp³-hybridized carbons (Fsp3) is 0.360. The molecule has 3 aromatic rings. The number of rotatable bonds is 13. The number of carbonyl (C=O) groups excluding carboxylic acids is 1. The Morgan fingerprint density at radius 1 is 1.11 bits per heavy atom. The number of carbonyl (C=O) groups is 1. The molecule has 1 aliphatic rings. The predicted molar refractivity (Wildman–Crippen MR) is 154 cm³/mol. The summed E-state index contributed by atoms with van der Waals surface area (Å²) in [6.45, 7) is 0.467. The molecular formula is C25H28ClN5O12S. The average Bonchev–Trinajstić information content (AvgIpc) is 3.42. The number of hydrogen-bond donors (Lipinski definition) is 1. The molecule has 2 aromatic carbocycles. The number of hydrogen-bond acceptors (Lipinski definition) is 13. The monoisotopic (exact) mass is 657 g/mol. The zero-order valence-corrected chi connectivity index (χ0v) is 24.7. The molecule has 1 unspecified atom stereocenters. The minimum atomic E-state index is -3.90. The van der Waals surface area contributed by atoms with E-state index < -0.39 is 57.8 Å². The molecule has 0 saturated carbocycles. The van der Waals surface area contributed by atoms with Gasteiger partial charge in [0.25, 0.3) is 15.7 Å². The van der Waals surface area contributed by atoms with Crippen LogP contribution in [-0.2, 0) is 31.2 Å². The summed E-state index contributed by atoms with van der Waals surface area (Å²) >= 11 is 0. The first-order valence-corrected chi connectivity index (χ1v) is 14.2. The smallest absolute Gasteiger partial charge is 0.339 e. The SMILES string of the molecule is Cc1cn(COC(=O)c2ccc(OCC(CO[N+](=O)[O-])O[N+](=O)[O-])cc2)c(=O)c2cccc(S(=O)(=O)N3CC[C@H](N)C3)c12.Cl. The topological polar surface area (TPSA) is 226 Å². The highest BCUT2D eigenvalue weighted by molar-refractivity contribution is 7.89. The number of esters is 1. The van der Waals surface area contributed by atoms with E-state index >= 15 is 0 Å². The lowest BCUT2D eigenvalue weighted by Crippen LogP contribution is -2.32. The minimum absolute atomic E-state index is 0. The van der Waals surface area contributed by atoms with Gasteiger partial charge in [0.2, 0.25) is 10.0 Å². The number of aromatic nitrogens is 1. The number of nitrogens with zero attached hydrogens (tertiary/aromatic N) is 4. The molecule has 4 rings (SSSR count). The molecule has 19 heteroatoms. The van der Waals surface area contributed by atoms with E-state index in [4.69, 9.17) is 15.2 Å². The van der Waals surface area contributed by atoms with Crippen LogP contribution in [0.3, 0.4) is 0 Å². The van der Waals surface area contributed by atoms with Crippen molar-refractivity contribution in [3.8, 4) is 5.75 Å². The molecule has 2 atom stereocenters. The number of aryl methyl sites for hydroxylation is 1. The lowest BCUT2D eigenvalue weighted by atomic mass is 10.1. The van der Waals surface area contributed by atoms with Crippen LogP contribution in [0.15, 0.2) is 58.4 Å². The maximum atomic E-state index is 13.3. The number of nitrogens with two attached hydrogens (primary N) is 1. The summed E-state index contributed by atoms with van der Waals surface area (Å²) in [5, 5.41) is 19.1. The van der Waals surface area contributed by atoms with E-state index in [1.165, 1.54) is 53.0 Å². The molecule has 2 N–H and O–H groups in total. The lowest BCUT2D eigenvalue weighted by Gasteiger charge is -2.19. The van der Waals surface area contributed by atoms with Gasteiger partial charge in [0.05, 0.1) is 10.5 Å². The van der Waals surface area contributed by atoms with Crippen LogP contribution in [0.25, 0.3) is 10.8 Å². The molecule has 2 heterocycles. The van der Waals surface area contributed by atoms with Crippen molar-refractivity contribution in [2.24, 2.45) is 5.73 Å². The van der Waals surface area contributed by atoms with Crippen molar-refractivity contribution in [1.29, 1.82) is 0 Å². The van der Waals surface area contributed by atoms with Gasteiger partial charge in [-0.15, -0.1) is 32.6 Å². The van der Waals surface area contributed by atoms with Gasteiger partial charge < -0.3 is 24.9 Å². The summed E-state index contributed by atoms with van der Waals surface area (Å²) in [6, 6.07) is 9.56. The van der Waals surface area contributed by atoms with Crippen LogP contribution in [0.4, 0.5) is 0 Å². The van der Waals surface area contributed by atoms with E-state index in [9.17, 15) is 38.2 Å². The highest BCUT2D eigenvalue weighted by Crippen LogP contribution is 2.28. The van der Waals surface area contributed by atoms with E-state index in [-0.39, 0.29) is 58.5 Å². The van der Waals surface area contributed by atoms with Crippen molar-refractivity contribution in [3.05, 3.63) is 90.4 Å². The summed E-state index contributed by atoms with van der Waals surface area (Å²) < 4.78 is 39.7. The molecule has 0 spiro atoms. The lowest BCUT2D eigenvalue weighted by molar-refractivity contribution is -0.790. The Labute approximate surface area is 255 Å². The highest BCUT2D eigenvalue weighted by atomic mass is 35.5. The van der Waals surface area contributed by atoms with Gasteiger partial charge in [0.15, 0.2) is 12.8 Å². The van der Waals surface area contributed by atoms with Crippen molar-refractivity contribution in [2.45, 2.75) is 37.1 Å². The van der Waals surface area contributed by atoms with Crippen molar-refractivity contribution in [3.63, 3.8) is 0 Å². The summed E-state index contributed by atoms with van der Waals surface area (Å²) in [5.41, 5.74) is 5.91. The Bertz CT molecular complexity index is 1700. The number of pyridine rings is 1. The maximum Gasteiger partial charge on any atom is 0.339 e. The largest absolute Gasteiger partial charge is 0.491 e. The number of ether oxygens (including phenoxy) is 2. The third-order valence-corrected chi connectivity index (χ3v) is 8.44. The van der Waals surface area contributed by atoms with E-state index in [0.29, 0.717) is 12.0 Å². The second-order valence-corrected chi connectivity index (χ2v) is 11.5. The molecule has 0 radical (unpaired) electrons. The Kier molecular flexibility index (Phi) is 11.0. The standard InChI is InChI=1S/C25H27N5O12S.ClH/c1-16-11-27(24(31)21-3-2-4-22(23(16)21)43(37,38)28-10-9-18(26)12-28)15-40-25(32)17-5-7-19(8-6-17)39-13-20(42-30(35)36)14-41-29(33)34;/h2-8,11,18,20H,9-10,12-15,26H2,1H3;1H/t18-,20?;/m0./s1. The van der Waals surface area contributed by atoms with Crippen molar-refractivity contribution in [2.75, 3.05) is 26.3 Å². The van der Waals surface area contributed by atoms with E-state index in [0.717, 1.165) is 4.57 Å². The van der Waals surface area contributed by atoms with Crippen LogP contribution < -0.4 is 16.0 Å². The van der Waals surface area contributed by atoms with Gasteiger partial charge in [0, 0.05) is 36.1 Å². The number of sulfonamides is 1. The fourth-order valence-corrected chi connectivity index (χ4v) is 6.30. The second kappa shape index (κ2) is 14.3. The first-order chi connectivity index (χ1) is 20.4. The number of fused-ring (bicyclic) bond motifs is 1. The Balaban J connectivity index is 0.00000529. The van der Waals surface area contributed by atoms with E-state index in [1.54, 1.807) is 6.92 Å². The van der Waals surface area contributed by atoms with Gasteiger partial charge in [-0.2, -0.15) is 4.31 Å². The van der Waals surface area contributed by atoms with Gasteiger partial charge in [-0.25, -0.2) is 13.2 Å². The van der Waals surface area contributed by atoms with Gasteiger partial charge in [-0.1, -0.05) is 6.07 Å². The zero-order valence-electron chi connectivity index (χ0n) is 23.1. The summed E-state index contributed by atoms with van der Waals surface area (Å²) in [7, 11) is -3.90. The normalized spacial score (nSPS) is 15.6. The van der Waals surface area contributed by atoms with Crippen LogP contribution in [0.5, 0.6) is 5.75 Å². The number of benzene rings is 2. The molecule has 0 amide bonds. The van der Waals surface area contributed by atoms with Crippen molar-refractivity contribution < 1.29 is 42.5 Å². The Morgan fingerprint density at radius 2 is 1.82 bits per heavy atom. The van der Waals surface area contributed by atoms with Crippen LogP contribution in [0.2, 0.25) is 0 Å². The van der Waals surface area contributed by atoms with Crippen LogP contribution in [-0.4, -0.2) is 71.9 Å². The van der Waals surface area contributed by atoms with Crippen molar-refractivity contribution >= 4 is 39.2 Å². The molecule has 0 aliphatic carbocycles. The van der Waals surface area contributed by atoms with Crippen molar-refractivity contribution in [1.82, 2.24) is 8.87 Å². The molecule has 1 aromatic heterocycles. The first kappa shape index (κ1) is 34.0.